The fourth-order valence-electron chi connectivity index (χ4n) is 2.06. The van der Waals surface area contributed by atoms with Crippen LogP contribution in [-0.2, 0) is 9.47 Å². The maximum atomic E-state index is 9.64. The third-order valence-corrected chi connectivity index (χ3v) is 2.82. The molecule has 0 radical (unpaired) electrons. The normalized spacial score (nSPS) is 36.8. The predicted octanol–water partition coefficient (Wildman–Crippen LogP) is 1.24. The minimum atomic E-state index is -0.278. The lowest BCUT2D eigenvalue weighted by Crippen LogP contribution is -2.13. The summed E-state index contributed by atoms with van der Waals surface area (Å²) in [5.41, 5.74) is 1.19. The van der Waals surface area contributed by atoms with Crippen LogP contribution in [0.25, 0.3) is 0 Å². The number of aliphatic hydroxyl groups is 1. The van der Waals surface area contributed by atoms with E-state index in [2.05, 4.69) is 6.58 Å². The Morgan fingerprint density at radius 1 is 1.36 bits per heavy atom. The summed E-state index contributed by atoms with van der Waals surface area (Å²) in [5, 5.41) is 9.64. The van der Waals surface area contributed by atoms with E-state index in [0.717, 1.165) is 12.8 Å². The molecular formula is C11H16O3. The fraction of sp³-hybridized carbons (Fsp3) is 0.636. The van der Waals surface area contributed by atoms with Gasteiger partial charge in [-0.1, -0.05) is 11.6 Å². The van der Waals surface area contributed by atoms with Gasteiger partial charge in [0.15, 0.2) is 6.29 Å². The molecule has 2 fully saturated rings. The summed E-state index contributed by atoms with van der Waals surface area (Å²) in [6.45, 7) is 5.06. The summed E-state index contributed by atoms with van der Waals surface area (Å²) in [6, 6.07) is 0. The van der Waals surface area contributed by atoms with Crippen molar-refractivity contribution >= 4 is 0 Å². The molecule has 1 saturated carbocycles. The Morgan fingerprint density at radius 3 is 2.71 bits per heavy atom. The molecule has 1 saturated heterocycles. The summed E-state index contributed by atoms with van der Waals surface area (Å²) in [6.07, 6.45) is 5.03. The summed E-state index contributed by atoms with van der Waals surface area (Å²) in [5.74, 6) is 0.0859. The zero-order chi connectivity index (χ0) is 9.97. The zero-order valence-corrected chi connectivity index (χ0v) is 8.19. The second-order valence-corrected chi connectivity index (χ2v) is 3.72. The minimum absolute atomic E-state index is 0.0859. The highest BCUT2D eigenvalue weighted by atomic mass is 16.7. The molecule has 1 aliphatic carbocycles. The van der Waals surface area contributed by atoms with Crippen molar-refractivity contribution in [3.05, 3.63) is 24.3 Å². The highest BCUT2D eigenvalue weighted by Gasteiger charge is 2.28. The van der Waals surface area contributed by atoms with Crippen LogP contribution in [0.4, 0.5) is 0 Å². The van der Waals surface area contributed by atoms with Crippen molar-refractivity contribution < 1.29 is 14.6 Å². The van der Waals surface area contributed by atoms with Gasteiger partial charge in [-0.05, 0) is 18.9 Å². The van der Waals surface area contributed by atoms with Crippen molar-refractivity contribution in [1.82, 2.24) is 0 Å². The lowest BCUT2D eigenvalue weighted by atomic mass is 10.0. The molecule has 1 N–H and O–H groups in total. The van der Waals surface area contributed by atoms with Crippen molar-refractivity contribution in [3.8, 4) is 0 Å². The zero-order valence-electron chi connectivity index (χ0n) is 8.19. The van der Waals surface area contributed by atoms with Gasteiger partial charge in [-0.2, -0.15) is 0 Å². The first kappa shape index (κ1) is 9.90. The van der Waals surface area contributed by atoms with E-state index in [0.29, 0.717) is 13.2 Å². The smallest absolute Gasteiger partial charge is 0.177 e. The molecule has 0 aromatic rings. The predicted molar refractivity (Wildman–Crippen MR) is 52.7 cm³/mol. The van der Waals surface area contributed by atoms with Crippen LogP contribution in [0.5, 0.6) is 0 Å². The third kappa shape index (κ3) is 1.90. The molecule has 1 heterocycles. The molecule has 0 amide bonds. The van der Waals surface area contributed by atoms with Gasteiger partial charge in [0.05, 0.1) is 19.3 Å². The molecule has 0 aromatic heterocycles. The van der Waals surface area contributed by atoms with Gasteiger partial charge < -0.3 is 14.6 Å². The Labute approximate surface area is 84.0 Å². The van der Waals surface area contributed by atoms with Gasteiger partial charge in [0.25, 0.3) is 0 Å². The second kappa shape index (κ2) is 4.26. The van der Waals surface area contributed by atoms with E-state index in [-0.39, 0.29) is 18.3 Å². The Bertz CT molecular complexity index is 241. The summed E-state index contributed by atoms with van der Waals surface area (Å²) >= 11 is 0. The summed E-state index contributed by atoms with van der Waals surface area (Å²) < 4.78 is 10.7. The molecular weight excluding hydrogens is 180 g/mol. The van der Waals surface area contributed by atoms with Gasteiger partial charge in [-0.3, -0.25) is 0 Å². The first-order valence-electron chi connectivity index (χ1n) is 5.05. The molecule has 0 aromatic carbocycles. The summed E-state index contributed by atoms with van der Waals surface area (Å²) in [4.78, 5) is 0. The van der Waals surface area contributed by atoms with E-state index < -0.39 is 0 Å². The maximum absolute atomic E-state index is 9.64. The van der Waals surface area contributed by atoms with Crippen LogP contribution in [0.15, 0.2) is 24.3 Å². The molecule has 14 heavy (non-hydrogen) atoms. The number of aliphatic hydroxyl groups excluding tert-OH is 1. The van der Waals surface area contributed by atoms with Crippen LogP contribution in [0.1, 0.15) is 12.8 Å². The molecule has 0 unspecified atom stereocenters. The van der Waals surface area contributed by atoms with Gasteiger partial charge in [0.2, 0.25) is 0 Å². The quantitative estimate of drug-likeness (QED) is 0.675. The number of hydrogen-bond donors (Lipinski definition) is 1. The van der Waals surface area contributed by atoms with Crippen LogP contribution in [0.3, 0.4) is 0 Å². The van der Waals surface area contributed by atoms with Crippen molar-refractivity contribution in [2.45, 2.75) is 25.2 Å². The van der Waals surface area contributed by atoms with Crippen LogP contribution in [-0.4, -0.2) is 30.7 Å². The van der Waals surface area contributed by atoms with Crippen LogP contribution >= 0.6 is 0 Å². The molecule has 78 valence electrons. The van der Waals surface area contributed by atoms with E-state index in [4.69, 9.17) is 9.47 Å². The lowest BCUT2D eigenvalue weighted by Gasteiger charge is -2.12. The van der Waals surface area contributed by atoms with Gasteiger partial charge >= 0.3 is 0 Å². The second-order valence-electron chi connectivity index (χ2n) is 3.72. The van der Waals surface area contributed by atoms with Gasteiger partial charge in [-0.15, -0.1) is 6.58 Å². The molecule has 0 spiro atoms. The average molecular weight is 196 g/mol. The standard InChI is InChI=1S/C11H16O3/c1-2-9-8(3-4-10(9)12)7-11-13-5-6-14-11/h2,7,9-12H,1,3-6H2/b8-7-/t9-,10-/m1/s1. The van der Waals surface area contributed by atoms with Crippen molar-refractivity contribution in [2.75, 3.05) is 13.2 Å². The Hall–Kier alpha value is -0.640. The lowest BCUT2D eigenvalue weighted by molar-refractivity contribution is -0.00253. The average Bonchev–Trinajstić information content (AvgIpc) is 2.77. The van der Waals surface area contributed by atoms with E-state index in [9.17, 15) is 5.11 Å². The van der Waals surface area contributed by atoms with Gasteiger partial charge in [0, 0.05) is 5.92 Å². The largest absolute Gasteiger partial charge is 0.392 e. The highest BCUT2D eigenvalue weighted by molar-refractivity contribution is 5.20. The van der Waals surface area contributed by atoms with Crippen LogP contribution in [0.2, 0.25) is 0 Å². The molecule has 3 nitrogen and oxygen atoms in total. The van der Waals surface area contributed by atoms with E-state index in [1.54, 1.807) is 6.08 Å². The monoisotopic (exact) mass is 196 g/mol. The van der Waals surface area contributed by atoms with Crippen molar-refractivity contribution in [2.24, 2.45) is 5.92 Å². The highest BCUT2D eigenvalue weighted by Crippen LogP contribution is 2.33. The van der Waals surface area contributed by atoms with E-state index >= 15 is 0 Å². The minimum Gasteiger partial charge on any atom is -0.392 e. The van der Waals surface area contributed by atoms with Crippen LogP contribution in [0, 0.1) is 5.92 Å². The SMILES string of the molecule is C=C[C@@H]1/C(=C\C2OCCO2)CC[C@H]1O. The Balaban J connectivity index is 2.05. The van der Waals surface area contributed by atoms with Crippen molar-refractivity contribution in [3.63, 3.8) is 0 Å². The topological polar surface area (TPSA) is 38.7 Å². The number of ether oxygens (including phenoxy) is 2. The maximum Gasteiger partial charge on any atom is 0.177 e. The first-order chi connectivity index (χ1) is 6.81. The number of hydrogen-bond acceptors (Lipinski definition) is 3. The molecule has 2 aliphatic rings. The number of rotatable bonds is 2. The molecule has 1 aliphatic heterocycles. The van der Waals surface area contributed by atoms with Gasteiger partial charge in [-0.25, -0.2) is 0 Å². The van der Waals surface area contributed by atoms with Crippen molar-refractivity contribution in [1.29, 1.82) is 0 Å². The Morgan fingerprint density at radius 2 is 2.07 bits per heavy atom. The molecule has 2 atom stereocenters. The Kier molecular flexibility index (Phi) is 3.01. The van der Waals surface area contributed by atoms with Gasteiger partial charge in [0.1, 0.15) is 0 Å². The van der Waals surface area contributed by atoms with Crippen LogP contribution < -0.4 is 0 Å². The van der Waals surface area contributed by atoms with E-state index in [1.165, 1.54) is 5.57 Å². The molecule has 0 bridgehead atoms. The summed E-state index contributed by atoms with van der Waals surface area (Å²) in [7, 11) is 0. The third-order valence-electron chi connectivity index (χ3n) is 2.82. The first-order valence-corrected chi connectivity index (χ1v) is 5.05. The van der Waals surface area contributed by atoms with E-state index in [1.807, 2.05) is 6.08 Å². The fourth-order valence-corrected chi connectivity index (χ4v) is 2.06. The molecule has 3 heteroatoms. The molecule has 2 rings (SSSR count).